The summed E-state index contributed by atoms with van der Waals surface area (Å²) in [7, 11) is -0.348. The van der Waals surface area contributed by atoms with Crippen LogP contribution in [-0.2, 0) is 37.4 Å². The fourth-order valence-electron chi connectivity index (χ4n) is 4.71. The monoisotopic (exact) mass is 587 g/mol. The molecule has 39 heavy (non-hydrogen) atoms. The lowest BCUT2D eigenvalue weighted by Gasteiger charge is -2.42. The minimum Gasteiger partial charge on any atom is -0.394 e. The second-order valence-corrected chi connectivity index (χ2v) is 10.9. The van der Waals surface area contributed by atoms with Crippen LogP contribution in [0.15, 0.2) is 0 Å². The Bertz CT molecular complexity index is 824. The molecule has 2 fully saturated rings. The predicted molar refractivity (Wildman–Crippen MR) is 133 cm³/mol. The maximum absolute atomic E-state index is 12.5. The SMILES string of the molecule is COC[C@H]1C[C@H](NC(=O)NCCCCO[C@@H]2O[C@H](CO)[C@H](O)[C@H](O)[C@H]2NC(C)=O)[C@@H](OC)C1OP(=O)(O)OC. The molecule has 2 rings (SSSR count). The van der Waals surface area contributed by atoms with E-state index in [2.05, 4.69) is 20.5 Å². The lowest BCUT2D eigenvalue weighted by atomic mass is 9.97. The third-order valence-electron chi connectivity index (χ3n) is 6.59. The molecule has 0 spiro atoms. The maximum atomic E-state index is 12.5. The van der Waals surface area contributed by atoms with Gasteiger partial charge in [0.25, 0.3) is 0 Å². The van der Waals surface area contributed by atoms with E-state index in [-0.39, 0.29) is 25.7 Å². The van der Waals surface area contributed by atoms with Crippen molar-refractivity contribution in [3.05, 3.63) is 0 Å². The molecule has 16 nitrogen and oxygen atoms in total. The molecule has 1 aliphatic heterocycles. The Morgan fingerprint density at radius 1 is 1.08 bits per heavy atom. The molecule has 10 atom stereocenters. The number of phosphoric ester groups is 1. The number of aliphatic hydroxyl groups excluding tert-OH is 3. The number of ether oxygens (including phenoxy) is 4. The molecule has 17 heteroatoms. The van der Waals surface area contributed by atoms with E-state index in [0.29, 0.717) is 19.3 Å². The predicted octanol–water partition coefficient (Wildman–Crippen LogP) is -1.79. The van der Waals surface area contributed by atoms with Gasteiger partial charge in [-0.3, -0.25) is 13.8 Å². The van der Waals surface area contributed by atoms with Gasteiger partial charge in [-0.15, -0.1) is 0 Å². The summed E-state index contributed by atoms with van der Waals surface area (Å²) < 4.78 is 43.6. The number of rotatable bonds is 15. The van der Waals surface area contributed by atoms with E-state index in [9.17, 15) is 34.4 Å². The molecule has 3 amide bonds. The first-order valence-electron chi connectivity index (χ1n) is 12.6. The summed E-state index contributed by atoms with van der Waals surface area (Å²) in [5.74, 6) is -0.777. The van der Waals surface area contributed by atoms with E-state index >= 15 is 0 Å². The van der Waals surface area contributed by atoms with Crippen LogP contribution >= 0.6 is 7.82 Å². The normalized spacial score (nSPS) is 34.3. The number of amides is 3. The van der Waals surface area contributed by atoms with Gasteiger partial charge in [0.1, 0.15) is 36.6 Å². The van der Waals surface area contributed by atoms with E-state index in [1.54, 1.807) is 0 Å². The number of unbranched alkanes of at least 4 members (excludes halogenated alkanes) is 1. The smallest absolute Gasteiger partial charge is 0.394 e. The van der Waals surface area contributed by atoms with Gasteiger partial charge >= 0.3 is 13.9 Å². The fraction of sp³-hybridized carbons (Fsp3) is 0.909. The van der Waals surface area contributed by atoms with Crippen molar-refractivity contribution >= 4 is 19.8 Å². The molecule has 7 N–H and O–H groups in total. The van der Waals surface area contributed by atoms with Crippen molar-refractivity contribution in [2.75, 3.05) is 47.7 Å². The summed E-state index contributed by atoms with van der Waals surface area (Å²) in [6.45, 7) is 1.37. The number of urea groups is 1. The Balaban J connectivity index is 1.79. The first-order chi connectivity index (χ1) is 18.5. The molecule has 1 saturated carbocycles. The van der Waals surface area contributed by atoms with Gasteiger partial charge in [0.2, 0.25) is 5.91 Å². The second-order valence-electron chi connectivity index (χ2n) is 9.39. The summed E-state index contributed by atoms with van der Waals surface area (Å²) >= 11 is 0. The van der Waals surface area contributed by atoms with Gasteiger partial charge in [-0.05, 0) is 19.3 Å². The van der Waals surface area contributed by atoms with Gasteiger partial charge in [-0.2, -0.15) is 0 Å². The molecular weight excluding hydrogens is 545 g/mol. The number of aliphatic hydroxyl groups is 3. The van der Waals surface area contributed by atoms with Gasteiger partial charge in [-0.1, -0.05) is 0 Å². The largest absolute Gasteiger partial charge is 0.472 e. The van der Waals surface area contributed by atoms with E-state index in [4.69, 9.17) is 23.5 Å². The molecule has 1 heterocycles. The van der Waals surface area contributed by atoms with E-state index in [1.807, 2.05) is 0 Å². The van der Waals surface area contributed by atoms with Gasteiger partial charge in [0.05, 0.1) is 19.3 Å². The third kappa shape index (κ3) is 9.86. The Hall–Kier alpha value is -1.43. The zero-order chi connectivity index (χ0) is 29.2. The Kier molecular flexibility index (Phi) is 14.0. The molecule has 0 aromatic rings. The van der Waals surface area contributed by atoms with Crippen LogP contribution < -0.4 is 16.0 Å². The molecule has 1 aliphatic carbocycles. The topological polar surface area (TPSA) is 224 Å². The van der Waals surface area contributed by atoms with Crippen molar-refractivity contribution in [2.24, 2.45) is 5.92 Å². The van der Waals surface area contributed by atoms with Crippen LogP contribution in [0.3, 0.4) is 0 Å². The molecule has 2 aliphatic rings. The first-order valence-corrected chi connectivity index (χ1v) is 14.1. The maximum Gasteiger partial charge on any atom is 0.472 e. The molecule has 0 radical (unpaired) electrons. The fourth-order valence-corrected chi connectivity index (χ4v) is 5.40. The summed E-state index contributed by atoms with van der Waals surface area (Å²) in [5.41, 5.74) is 0. The molecule has 1 saturated heterocycles. The average Bonchev–Trinajstić information content (AvgIpc) is 3.19. The van der Waals surface area contributed by atoms with Crippen LogP contribution in [0.5, 0.6) is 0 Å². The molecule has 2 unspecified atom stereocenters. The Morgan fingerprint density at radius 3 is 2.38 bits per heavy atom. The second kappa shape index (κ2) is 16.1. The highest BCUT2D eigenvalue weighted by Gasteiger charge is 2.48. The highest BCUT2D eigenvalue weighted by Crippen LogP contribution is 2.48. The standard InChI is InChI=1S/C22H42N3O13P/c1-12(27)24-16-18(29)17(28)15(10-26)37-21(16)36-8-6-5-7-23-22(30)25-14-9-13(11-33-2)19(20(14)34-3)38-39(31,32)35-4/h13-21,26,28-29H,5-11H2,1-4H3,(H,24,27)(H,31,32)(H2,23,25,30)/t13-,14+,15-,16-,17+,18-,19?,20-,21-/m1/s1. The molecule has 228 valence electrons. The van der Waals surface area contributed by atoms with Crippen molar-refractivity contribution in [1.29, 1.82) is 0 Å². The summed E-state index contributed by atoms with van der Waals surface area (Å²) in [4.78, 5) is 33.7. The number of nitrogens with one attached hydrogen (secondary N) is 3. The van der Waals surface area contributed by atoms with Crippen molar-refractivity contribution in [1.82, 2.24) is 16.0 Å². The molecular formula is C22H42N3O13P. The lowest BCUT2D eigenvalue weighted by Crippen LogP contribution is -2.64. The average molecular weight is 588 g/mol. The van der Waals surface area contributed by atoms with Gasteiger partial charge in [0.15, 0.2) is 6.29 Å². The van der Waals surface area contributed by atoms with Crippen LogP contribution in [0.25, 0.3) is 0 Å². The Labute approximate surface area is 227 Å². The van der Waals surface area contributed by atoms with Crippen molar-refractivity contribution < 1.29 is 62.4 Å². The number of hydrogen-bond donors (Lipinski definition) is 7. The van der Waals surface area contributed by atoms with Crippen molar-refractivity contribution in [2.45, 2.75) is 75.1 Å². The lowest BCUT2D eigenvalue weighted by molar-refractivity contribution is -0.270. The third-order valence-corrected chi connectivity index (χ3v) is 7.56. The summed E-state index contributed by atoms with van der Waals surface area (Å²) in [6.07, 6.45) is -5.14. The number of carbonyl (C=O) groups is 2. The highest BCUT2D eigenvalue weighted by atomic mass is 31.2. The number of methoxy groups -OCH3 is 2. The van der Waals surface area contributed by atoms with E-state index < -0.39 is 75.3 Å². The van der Waals surface area contributed by atoms with Gasteiger partial charge in [-0.25, -0.2) is 9.36 Å². The number of phosphoric acid groups is 1. The van der Waals surface area contributed by atoms with Crippen LogP contribution in [0, 0.1) is 5.92 Å². The van der Waals surface area contributed by atoms with Crippen molar-refractivity contribution in [3.63, 3.8) is 0 Å². The molecule has 0 aromatic carbocycles. The zero-order valence-corrected chi connectivity index (χ0v) is 23.5. The Morgan fingerprint density at radius 2 is 1.79 bits per heavy atom. The van der Waals surface area contributed by atoms with Crippen LogP contribution in [0.1, 0.15) is 26.2 Å². The minimum absolute atomic E-state index is 0.151. The van der Waals surface area contributed by atoms with Gasteiger partial charge < -0.3 is 55.1 Å². The highest BCUT2D eigenvalue weighted by molar-refractivity contribution is 7.47. The first kappa shape index (κ1) is 33.8. The quantitative estimate of drug-likeness (QED) is 0.0831. The number of hydrogen-bond acceptors (Lipinski definition) is 12. The van der Waals surface area contributed by atoms with E-state index in [1.165, 1.54) is 21.1 Å². The molecule has 0 aromatic heterocycles. The van der Waals surface area contributed by atoms with Crippen molar-refractivity contribution in [3.8, 4) is 0 Å². The zero-order valence-electron chi connectivity index (χ0n) is 22.6. The molecule has 0 bridgehead atoms. The van der Waals surface area contributed by atoms with Crippen LogP contribution in [0.4, 0.5) is 4.79 Å². The summed E-state index contributed by atoms with van der Waals surface area (Å²) in [5, 5.41) is 37.7. The minimum atomic E-state index is -4.30. The number of carbonyl (C=O) groups excluding carboxylic acids is 2. The van der Waals surface area contributed by atoms with Crippen LogP contribution in [0.2, 0.25) is 0 Å². The van der Waals surface area contributed by atoms with Crippen LogP contribution in [-0.4, -0.2) is 129 Å². The summed E-state index contributed by atoms with van der Waals surface area (Å²) in [6, 6.07) is -2.01. The van der Waals surface area contributed by atoms with E-state index in [0.717, 1.165) is 7.11 Å². The van der Waals surface area contributed by atoms with Gasteiger partial charge in [0, 0.05) is 47.3 Å².